The van der Waals surface area contributed by atoms with Gasteiger partial charge in [0.2, 0.25) is 0 Å². The van der Waals surface area contributed by atoms with E-state index in [0.717, 1.165) is 23.9 Å². The fourth-order valence-electron chi connectivity index (χ4n) is 3.21. The third-order valence-electron chi connectivity index (χ3n) is 5.06. The second-order valence-corrected chi connectivity index (χ2v) is 7.73. The van der Waals surface area contributed by atoms with Gasteiger partial charge in [0.1, 0.15) is 19.0 Å². The number of benzene rings is 1. The van der Waals surface area contributed by atoms with Gasteiger partial charge in [-0.1, -0.05) is 26.0 Å². The van der Waals surface area contributed by atoms with Crippen LogP contribution in [-0.2, 0) is 6.54 Å². The Balaban J connectivity index is 1.68. The largest absolute Gasteiger partial charge is 0.486 e. The van der Waals surface area contributed by atoms with E-state index in [1.807, 2.05) is 12.3 Å². The van der Waals surface area contributed by atoms with E-state index in [4.69, 9.17) is 9.47 Å². The molecule has 5 nitrogen and oxygen atoms in total. The Bertz CT molecular complexity index is 744. The van der Waals surface area contributed by atoms with Gasteiger partial charge in [0.15, 0.2) is 11.5 Å². The first kappa shape index (κ1) is 19.5. The Morgan fingerprint density at radius 1 is 1.04 bits per heavy atom. The molecule has 146 valence electrons. The lowest BCUT2D eigenvalue weighted by Gasteiger charge is -2.26. The fraction of sp³-hybridized carbons (Fsp3) is 0.500. The average Bonchev–Trinajstić information content (AvgIpc) is 2.67. The van der Waals surface area contributed by atoms with Gasteiger partial charge < -0.3 is 19.7 Å². The molecule has 0 saturated carbocycles. The molecule has 0 spiro atoms. The zero-order valence-corrected chi connectivity index (χ0v) is 17.0. The van der Waals surface area contributed by atoms with Crippen molar-refractivity contribution in [3.63, 3.8) is 0 Å². The Labute approximate surface area is 162 Å². The molecule has 27 heavy (non-hydrogen) atoms. The number of rotatable bonds is 7. The molecule has 1 aliphatic heterocycles. The molecule has 1 aromatic heterocycles. The van der Waals surface area contributed by atoms with Gasteiger partial charge in [-0.3, -0.25) is 0 Å². The topological polar surface area (TPSA) is 46.6 Å². The molecule has 5 heteroatoms. The van der Waals surface area contributed by atoms with Crippen molar-refractivity contribution in [3.8, 4) is 11.5 Å². The summed E-state index contributed by atoms with van der Waals surface area (Å²) in [6.07, 6.45) is 1.96. The number of ether oxygens (including phenoxy) is 2. The maximum absolute atomic E-state index is 5.74. The lowest BCUT2D eigenvalue weighted by molar-refractivity contribution is 0.171. The fourth-order valence-corrected chi connectivity index (χ4v) is 3.21. The summed E-state index contributed by atoms with van der Waals surface area (Å²) in [7, 11) is 2.07. The highest BCUT2D eigenvalue weighted by atomic mass is 16.6. The molecule has 1 atom stereocenters. The van der Waals surface area contributed by atoms with E-state index >= 15 is 0 Å². The summed E-state index contributed by atoms with van der Waals surface area (Å²) in [4.78, 5) is 6.77. The average molecular weight is 370 g/mol. The van der Waals surface area contributed by atoms with Crippen LogP contribution in [0, 0.1) is 5.92 Å². The molecule has 0 saturated heterocycles. The van der Waals surface area contributed by atoms with Crippen molar-refractivity contribution in [1.82, 2.24) is 10.3 Å². The first-order valence-electron chi connectivity index (χ1n) is 9.76. The maximum atomic E-state index is 5.74. The summed E-state index contributed by atoms with van der Waals surface area (Å²) in [6, 6.07) is 11.1. The smallest absolute Gasteiger partial charge is 0.161 e. The van der Waals surface area contributed by atoms with Crippen molar-refractivity contribution in [2.75, 3.05) is 25.2 Å². The normalized spacial score (nSPS) is 14.5. The van der Waals surface area contributed by atoms with Gasteiger partial charge in [-0.2, -0.15) is 0 Å². The van der Waals surface area contributed by atoms with E-state index in [1.165, 1.54) is 11.1 Å². The SMILES string of the molecule is CC(C)[C@H](NCc1ccc(N(C)C(C)C)nc1)c1ccc2c(c1)OCCO2. The molecule has 0 aliphatic carbocycles. The van der Waals surface area contributed by atoms with E-state index in [-0.39, 0.29) is 6.04 Å². The second-order valence-electron chi connectivity index (χ2n) is 7.73. The first-order chi connectivity index (χ1) is 13.0. The summed E-state index contributed by atoms with van der Waals surface area (Å²) < 4.78 is 11.4. The molecule has 0 bridgehead atoms. The third-order valence-corrected chi connectivity index (χ3v) is 5.06. The monoisotopic (exact) mass is 369 g/mol. The lowest BCUT2D eigenvalue weighted by Crippen LogP contribution is -2.27. The summed E-state index contributed by atoms with van der Waals surface area (Å²) in [5, 5.41) is 3.68. The number of anilines is 1. The molecule has 0 radical (unpaired) electrons. The molecule has 2 heterocycles. The summed E-state index contributed by atoms with van der Waals surface area (Å²) in [5.41, 5.74) is 2.40. The minimum absolute atomic E-state index is 0.235. The standard InChI is InChI=1S/C22H31N3O2/c1-15(2)22(18-7-8-19-20(12-18)27-11-10-26-19)24-14-17-6-9-21(23-13-17)25(5)16(3)4/h6-9,12-13,15-16,22,24H,10-11,14H2,1-5H3/t22-/m0/s1. The van der Waals surface area contributed by atoms with E-state index < -0.39 is 0 Å². The molecule has 0 fully saturated rings. The number of aromatic nitrogens is 1. The van der Waals surface area contributed by atoms with Crippen molar-refractivity contribution in [2.24, 2.45) is 5.92 Å². The van der Waals surface area contributed by atoms with Crippen molar-refractivity contribution < 1.29 is 9.47 Å². The van der Waals surface area contributed by atoms with E-state index in [0.29, 0.717) is 25.2 Å². The molecular weight excluding hydrogens is 338 g/mol. The van der Waals surface area contributed by atoms with Gasteiger partial charge >= 0.3 is 0 Å². The van der Waals surface area contributed by atoms with Crippen LogP contribution in [0.4, 0.5) is 5.82 Å². The highest BCUT2D eigenvalue weighted by molar-refractivity contribution is 5.45. The van der Waals surface area contributed by atoms with Crippen molar-refractivity contribution >= 4 is 5.82 Å². The lowest BCUT2D eigenvalue weighted by atomic mass is 9.95. The van der Waals surface area contributed by atoms with Crippen LogP contribution < -0.4 is 19.7 Å². The second kappa shape index (κ2) is 8.61. The zero-order chi connectivity index (χ0) is 19.4. The molecule has 1 N–H and O–H groups in total. The van der Waals surface area contributed by atoms with Gasteiger partial charge in [0.05, 0.1) is 0 Å². The predicted octanol–water partition coefficient (Wildman–Crippen LogP) is 4.18. The highest BCUT2D eigenvalue weighted by Gasteiger charge is 2.19. The van der Waals surface area contributed by atoms with Gasteiger partial charge in [0, 0.05) is 31.9 Å². The highest BCUT2D eigenvalue weighted by Crippen LogP contribution is 2.34. The van der Waals surface area contributed by atoms with Crippen LogP contribution in [0.1, 0.15) is 44.9 Å². The van der Waals surface area contributed by atoms with Gasteiger partial charge in [-0.15, -0.1) is 0 Å². The zero-order valence-electron chi connectivity index (χ0n) is 17.0. The van der Waals surface area contributed by atoms with Crippen molar-refractivity contribution in [1.29, 1.82) is 0 Å². The van der Waals surface area contributed by atoms with Crippen LogP contribution in [0.5, 0.6) is 11.5 Å². The first-order valence-corrected chi connectivity index (χ1v) is 9.76. The molecule has 1 aliphatic rings. The van der Waals surface area contributed by atoms with Gasteiger partial charge in [-0.25, -0.2) is 4.98 Å². The summed E-state index contributed by atoms with van der Waals surface area (Å²) >= 11 is 0. The van der Waals surface area contributed by atoms with Crippen LogP contribution in [0.25, 0.3) is 0 Å². The number of pyridine rings is 1. The minimum Gasteiger partial charge on any atom is -0.486 e. The van der Waals surface area contributed by atoms with E-state index in [9.17, 15) is 0 Å². The van der Waals surface area contributed by atoms with E-state index in [1.54, 1.807) is 0 Å². The summed E-state index contributed by atoms with van der Waals surface area (Å²) in [5.74, 6) is 3.13. The molecule has 0 unspecified atom stereocenters. The maximum Gasteiger partial charge on any atom is 0.161 e. The molecule has 0 amide bonds. The minimum atomic E-state index is 0.235. The van der Waals surface area contributed by atoms with Crippen LogP contribution in [0.3, 0.4) is 0 Å². The quantitative estimate of drug-likeness (QED) is 0.793. The Hall–Kier alpha value is -2.27. The Morgan fingerprint density at radius 2 is 1.78 bits per heavy atom. The number of hydrogen-bond acceptors (Lipinski definition) is 5. The van der Waals surface area contributed by atoms with Gasteiger partial charge in [0.25, 0.3) is 0 Å². The number of nitrogens with one attached hydrogen (secondary N) is 1. The van der Waals surface area contributed by atoms with Crippen molar-refractivity contribution in [2.45, 2.75) is 46.3 Å². The van der Waals surface area contributed by atoms with Crippen LogP contribution in [0.15, 0.2) is 36.5 Å². The van der Waals surface area contributed by atoms with Crippen LogP contribution in [0.2, 0.25) is 0 Å². The van der Waals surface area contributed by atoms with Gasteiger partial charge in [-0.05, 0) is 49.1 Å². The number of fused-ring (bicyclic) bond motifs is 1. The Kier molecular flexibility index (Phi) is 6.22. The predicted molar refractivity (Wildman–Crippen MR) is 110 cm³/mol. The molecule has 3 rings (SSSR count). The third kappa shape index (κ3) is 4.72. The van der Waals surface area contributed by atoms with Crippen molar-refractivity contribution in [3.05, 3.63) is 47.7 Å². The number of nitrogens with zero attached hydrogens (tertiary/aromatic N) is 2. The molecule has 1 aromatic carbocycles. The van der Waals surface area contributed by atoms with Crippen LogP contribution >= 0.6 is 0 Å². The Morgan fingerprint density at radius 3 is 2.41 bits per heavy atom. The summed E-state index contributed by atoms with van der Waals surface area (Å²) in [6.45, 7) is 10.8. The molecule has 2 aromatic rings. The van der Waals surface area contributed by atoms with Crippen LogP contribution in [-0.4, -0.2) is 31.3 Å². The molecular formula is C22H31N3O2. The van der Waals surface area contributed by atoms with E-state index in [2.05, 4.69) is 74.2 Å². The number of hydrogen-bond donors (Lipinski definition) is 1.